The predicted octanol–water partition coefficient (Wildman–Crippen LogP) is 3.25. The van der Waals surface area contributed by atoms with Crippen LogP contribution in [0.25, 0.3) is 0 Å². The molecule has 21 heavy (non-hydrogen) atoms. The summed E-state index contributed by atoms with van der Waals surface area (Å²) in [6.45, 7) is 0. The van der Waals surface area contributed by atoms with E-state index in [1.807, 2.05) is 6.26 Å². The van der Waals surface area contributed by atoms with E-state index in [0.29, 0.717) is 22.0 Å². The summed E-state index contributed by atoms with van der Waals surface area (Å²) in [4.78, 5) is 23.0. The Kier molecular flexibility index (Phi) is 7.93. The molecule has 2 N–H and O–H groups in total. The number of halogens is 2. The number of carbonyl (C=O) groups excluding carboxylic acids is 1. The quantitative estimate of drug-likeness (QED) is 0.707. The minimum Gasteiger partial charge on any atom is -0.480 e. The van der Waals surface area contributed by atoms with Crippen molar-refractivity contribution in [1.82, 2.24) is 5.32 Å². The molecular weight excluding hydrogens is 333 g/mol. The first-order valence-electron chi connectivity index (χ1n) is 6.38. The molecule has 7 heteroatoms. The highest BCUT2D eigenvalue weighted by Gasteiger charge is 2.20. The number of carboxylic acid groups (broad SMARTS) is 1. The van der Waals surface area contributed by atoms with Gasteiger partial charge in [-0.3, -0.25) is 4.79 Å². The van der Waals surface area contributed by atoms with Crippen molar-refractivity contribution in [2.75, 3.05) is 12.0 Å². The van der Waals surface area contributed by atoms with Crippen LogP contribution < -0.4 is 5.32 Å². The smallest absolute Gasteiger partial charge is 0.326 e. The summed E-state index contributed by atoms with van der Waals surface area (Å²) in [5, 5.41) is 12.6. The molecule has 116 valence electrons. The average Bonchev–Trinajstić information content (AvgIpc) is 2.37. The Bertz CT molecular complexity index is 491. The molecule has 1 rings (SSSR count). The number of aliphatic carboxylic acids is 1. The third-order valence-electron chi connectivity index (χ3n) is 2.75. The van der Waals surface area contributed by atoms with E-state index >= 15 is 0 Å². The normalized spacial score (nSPS) is 12.0. The molecule has 0 saturated heterocycles. The van der Waals surface area contributed by atoms with Gasteiger partial charge in [-0.2, -0.15) is 11.8 Å². The first-order chi connectivity index (χ1) is 9.92. The molecule has 0 aliphatic heterocycles. The van der Waals surface area contributed by atoms with Gasteiger partial charge in [-0.25, -0.2) is 4.79 Å². The van der Waals surface area contributed by atoms with Crippen LogP contribution in [0.15, 0.2) is 18.2 Å². The maximum absolute atomic E-state index is 11.7. The van der Waals surface area contributed by atoms with Gasteiger partial charge < -0.3 is 10.4 Å². The van der Waals surface area contributed by atoms with Crippen LogP contribution in [-0.2, 0) is 16.0 Å². The summed E-state index contributed by atoms with van der Waals surface area (Å²) in [5.41, 5.74) is 0.671. The Morgan fingerprint density at radius 2 is 1.90 bits per heavy atom. The molecule has 1 amide bonds. The topological polar surface area (TPSA) is 66.4 Å². The van der Waals surface area contributed by atoms with Crippen molar-refractivity contribution >= 4 is 46.8 Å². The molecule has 0 spiro atoms. The van der Waals surface area contributed by atoms with Crippen LogP contribution in [0.1, 0.15) is 18.4 Å². The minimum atomic E-state index is -1.08. The SMILES string of the molecule is CSCCCC(=O)NC(Cc1cc(Cl)cc(Cl)c1)C(=O)O. The number of amides is 1. The fourth-order valence-electron chi connectivity index (χ4n) is 1.81. The molecule has 0 saturated carbocycles. The lowest BCUT2D eigenvalue weighted by atomic mass is 10.1. The number of carboxylic acids is 1. The maximum Gasteiger partial charge on any atom is 0.326 e. The van der Waals surface area contributed by atoms with E-state index in [1.54, 1.807) is 30.0 Å². The van der Waals surface area contributed by atoms with E-state index in [1.165, 1.54) is 0 Å². The molecule has 1 aromatic rings. The molecule has 4 nitrogen and oxygen atoms in total. The van der Waals surface area contributed by atoms with Gasteiger partial charge in [-0.15, -0.1) is 0 Å². The number of hydrogen-bond donors (Lipinski definition) is 2. The number of benzene rings is 1. The van der Waals surface area contributed by atoms with Gasteiger partial charge in [0, 0.05) is 22.9 Å². The molecule has 0 heterocycles. The Labute approximate surface area is 138 Å². The third kappa shape index (κ3) is 7.07. The number of thioether (sulfide) groups is 1. The second-order valence-corrected chi connectivity index (χ2v) is 6.39. The first-order valence-corrected chi connectivity index (χ1v) is 8.53. The summed E-state index contributed by atoms with van der Waals surface area (Å²) in [6, 6.07) is 3.87. The van der Waals surface area contributed by atoms with Gasteiger partial charge in [0.05, 0.1) is 0 Å². The molecule has 1 aromatic carbocycles. The Morgan fingerprint density at radius 3 is 2.43 bits per heavy atom. The van der Waals surface area contributed by atoms with Gasteiger partial charge in [0.1, 0.15) is 6.04 Å². The Hall–Kier alpha value is -0.910. The molecule has 0 fully saturated rings. The highest BCUT2D eigenvalue weighted by molar-refractivity contribution is 7.98. The van der Waals surface area contributed by atoms with Gasteiger partial charge in [-0.05, 0) is 42.2 Å². The van der Waals surface area contributed by atoms with Crippen LogP contribution in [0.4, 0.5) is 0 Å². The summed E-state index contributed by atoms with van der Waals surface area (Å²) in [5.74, 6) is -0.469. The van der Waals surface area contributed by atoms with Gasteiger partial charge in [0.25, 0.3) is 0 Å². The fraction of sp³-hybridized carbons (Fsp3) is 0.429. The average molecular weight is 350 g/mol. The number of rotatable bonds is 8. The largest absolute Gasteiger partial charge is 0.480 e. The van der Waals surface area contributed by atoms with Gasteiger partial charge in [0.15, 0.2) is 0 Å². The van der Waals surface area contributed by atoms with Crippen molar-refractivity contribution in [2.45, 2.75) is 25.3 Å². The molecule has 0 radical (unpaired) electrons. The fourth-order valence-corrected chi connectivity index (χ4v) is 2.81. The lowest BCUT2D eigenvalue weighted by Crippen LogP contribution is -2.42. The van der Waals surface area contributed by atoms with Crippen molar-refractivity contribution in [3.63, 3.8) is 0 Å². The van der Waals surface area contributed by atoms with Gasteiger partial charge >= 0.3 is 5.97 Å². The molecule has 0 aliphatic rings. The van der Waals surface area contributed by atoms with Crippen LogP contribution in [0, 0.1) is 0 Å². The van der Waals surface area contributed by atoms with Gasteiger partial charge in [0.2, 0.25) is 5.91 Å². The molecule has 0 aromatic heterocycles. The molecule has 1 unspecified atom stereocenters. The van der Waals surface area contributed by atoms with E-state index in [9.17, 15) is 14.7 Å². The highest BCUT2D eigenvalue weighted by Crippen LogP contribution is 2.20. The number of nitrogens with one attached hydrogen (secondary N) is 1. The number of hydrogen-bond acceptors (Lipinski definition) is 3. The third-order valence-corrected chi connectivity index (χ3v) is 3.88. The lowest BCUT2D eigenvalue weighted by molar-refractivity contribution is -0.141. The molecule has 0 aliphatic carbocycles. The second-order valence-electron chi connectivity index (χ2n) is 4.54. The summed E-state index contributed by atoms with van der Waals surface area (Å²) in [7, 11) is 0. The molecule has 0 bridgehead atoms. The summed E-state index contributed by atoms with van der Waals surface area (Å²) >= 11 is 13.4. The maximum atomic E-state index is 11.7. The summed E-state index contributed by atoms with van der Waals surface area (Å²) < 4.78 is 0. The van der Waals surface area contributed by atoms with E-state index in [2.05, 4.69) is 5.32 Å². The second kappa shape index (κ2) is 9.18. The van der Waals surface area contributed by atoms with Crippen molar-refractivity contribution in [1.29, 1.82) is 0 Å². The van der Waals surface area contributed by atoms with Crippen LogP contribution in [0.5, 0.6) is 0 Å². The van der Waals surface area contributed by atoms with Crippen LogP contribution >= 0.6 is 35.0 Å². The van der Waals surface area contributed by atoms with Crippen molar-refractivity contribution in [3.05, 3.63) is 33.8 Å². The highest BCUT2D eigenvalue weighted by atomic mass is 35.5. The van der Waals surface area contributed by atoms with Crippen LogP contribution in [0.3, 0.4) is 0 Å². The molecular formula is C14H17Cl2NO3S. The first kappa shape index (κ1) is 18.1. The zero-order chi connectivity index (χ0) is 15.8. The van der Waals surface area contributed by atoms with Gasteiger partial charge in [-0.1, -0.05) is 23.2 Å². The van der Waals surface area contributed by atoms with E-state index < -0.39 is 12.0 Å². The Balaban J connectivity index is 2.65. The summed E-state index contributed by atoms with van der Waals surface area (Å²) in [6.07, 6.45) is 3.15. The zero-order valence-electron chi connectivity index (χ0n) is 11.6. The van der Waals surface area contributed by atoms with Crippen molar-refractivity contribution in [2.24, 2.45) is 0 Å². The molecule has 1 atom stereocenters. The van der Waals surface area contributed by atoms with E-state index in [-0.39, 0.29) is 12.3 Å². The van der Waals surface area contributed by atoms with Crippen molar-refractivity contribution in [3.8, 4) is 0 Å². The van der Waals surface area contributed by atoms with Crippen molar-refractivity contribution < 1.29 is 14.7 Å². The van der Waals surface area contributed by atoms with Crippen LogP contribution in [-0.4, -0.2) is 35.0 Å². The van der Waals surface area contributed by atoms with Crippen LogP contribution in [0.2, 0.25) is 10.0 Å². The van der Waals surface area contributed by atoms with E-state index in [0.717, 1.165) is 12.2 Å². The predicted molar refractivity (Wildman–Crippen MR) is 87.3 cm³/mol. The lowest BCUT2D eigenvalue weighted by Gasteiger charge is -2.15. The monoisotopic (exact) mass is 349 g/mol. The minimum absolute atomic E-state index is 0.143. The Morgan fingerprint density at radius 1 is 1.29 bits per heavy atom. The zero-order valence-corrected chi connectivity index (χ0v) is 13.9. The standard InChI is InChI=1S/C14H17Cl2NO3S/c1-21-4-2-3-13(18)17-12(14(19)20)7-9-5-10(15)8-11(16)6-9/h5-6,8,12H,2-4,7H2,1H3,(H,17,18)(H,19,20). The number of carbonyl (C=O) groups is 2. The van der Waals surface area contributed by atoms with E-state index in [4.69, 9.17) is 23.2 Å².